The Balaban J connectivity index is 1.83. The van der Waals surface area contributed by atoms with Gasteiger partial charge in [-0.25, -0.2) is 13.8 Å². The Morgan fingerprint density at radius 3 is 2.84 bits per heavy atom. The Bertz CT molecular complexity index is 514. The first-order chi connectivity index (χ1) is 8.97. The van der Waals surface area contributed by atoms with E-state index < -0.39 is 11.3 Å². The second kappa shape index (κ2) is 4.26. The normalized spacial score (nSPS) is 28.5. The van der Waals surface area contributed by atoms with Crippen LogP contribution in [0.3, 0.4) is 0 Å². The zero-order chi connectivity index (χ0) is 13.7. The highest BCUT2D eigenvalue weighted by Gasteiger charge is 2.71. The van der Waals surface area contributed by atoms with Gasteiger partial charge in [0.05, 0.1) is 23.2 Å². The van der Waals surface area contributed by atoms with E-state index in [-0.39, 0.29) is 6.42 Å². The van der Waals surface area contributed by atoms with Crippen molar-refractivity contribution in [2.45, 2.75) is 25.2 Å². The summed E-state index contributed by atoms with van der Waals surface area (Å²) in [4.78, 5) is 10.3. The lowest BCUT2D eigenvalue weighted by atomic mass is 9.94. The molecule has 1 saturated heterocycles. The lowest BCUT2D eigenvalue weighted by Gasteiger charge is -2.33. The molecule has 0 radical (unpaired) electrons. The number of aromatic nitrogens is 2. The van der Waals surface area contributed by atoms with Gasteiger partial charge in [-0.15, -0.1) is 0 Å². The van der Waals surface area contributed by atoms with E-state index in [0.717, 1.165) is 6.42 Å². The molecule has 2 aliphatic rings. The first-order valence-corrected chi connectivity index (χ1v) is 6.96. The Labute approximate surface area is 118 Å². The number of nitrogens with zero attached hydrogens (tertiary/aromatic N) is 3. The van der Waals surface area contributed by atoms with Crippen LogP contribution in [0.15, 0.2) is 10.7 Å². The van der Waals surface area contributed by atoms with Crippen LogP contribution in [0.1, 0.15) is 19.3 Å². The van der Waals surface area contributed by atoms with Crippen molar-refractivity contribution < 1.29 is 13.5 Å². The predicted molar refractivity (Wildman–Crippen MR) is 69.7 cm³/mol. The highest BCUT2D eigenvalue weighted by molar-refractivity contribution is 9.10. The maximum atomic E-state index is 13.5. The number of methoxy groups -OCH3 is 1. The number of alkyl halides is 2. The molecule has 0 N–H and O–H groups in total. The number of anilines is 1. The smallest absolute Gasteiger partial charge is 0.256 e. The molecule has 0 aromatic carbocycles. The van der Waals surface area contributed by atoms with Crippen molar-refractivity contribution in [1.29, 1.82) is 0 Å². The van der Waals surface area contributed by atoms with Gasteiger partial charge in [0.25, 0.3) is 5.92 Å². The molecule has 1 spiro atoms. The third kappa shape index (κ3) is 2.07. The van der Waals surface area contributed by atoms with Gasteiger partial charge < -0.3 is 9.64 Å². The predicted octanol–water partition coefficient (Wildman–Crippen LogP) is 2.87. The summed E-state index contributed by atoms with van der Waals surface area (Å²) in [7, 11) is 1.52. The lowest BCUT2D eigenvalue weighted by Crippen LogP contribution is -2.40. The van der Waals surface area contributed by atoms with Crippen molar-refractivity contribution in [3.8, 4) is 5.88 Å². The van der Waals surface area contributed by atoms with E-state index in [2.05, 4.69) is 25.9 Å². The molecule has 0 amide bonds. The summed E-state index contributed by atoms with van der Waals surface area (Å²) in [6.45, 7) is 1.04. The minimum absolute atomic E-state index is 0.00976. The second-order valence-electron chi connectivity index (χ2n) is 5.21. The number of piperidine rings is 1. The van der Waals surface area contributed by atoms with Crippen LogP contribution < -0.4 is 9.64 Å². The molecule has 1 atom stereocenters. The second-order valence-corrected chi connectivity index (χ2v) is 6.07. The van der Waals surface area contributed by atoms with Crippen LogP contribution in [0.25, 0.3) is 0 Å². The van der Waals surface area contributed by atoms with Crippen LogP contribution in [0.2, 0.25) is 0 Å². The summed E-state index contributed by atoms with van der Waals surface area (Å²) < 4.78 is 32.7. The van der Waals surface area contributed by atoms with Gasteiger partial charge in [-0.05, 0) is 28.8 Å². The average molecular weight is 334 g/mol. The molecule has 4 nitrogen and oxygen atoms in total. The molecular formula is C12H14BrF2N3O. The number of ether oxygens (including phenoxy) is 1. The van der Waals surface area contributed by atoms with Gasteiger partial charge in [0.15, 0.2) is 0 Å². The van der Waals surface area contributed by atoms with Crippen LogP contribution in [0, 0.1) is 5.41 Å². The van der Waals surface area contributed by atoms with Crippen molar-refractivity contribution in [2.75, 3.05) is 25.1 Å². The van der Waals surface area contributed by atoms with Crippen molar-refractivity contribution in [3.63, 3.8) is 0 Å². The fourth-order valence-corrected chi connectivity index (χ4v) is 3.12. The standard InChI is InChI=1S/C12H14BrF2N3O/c1-19-9-8(13)5-16-10(17-9)18-4-2-3-11(7-18)6-12(11,14)15/h5H,2-4,6-7H2,1H3. The molecule has 104 valence electrons. The van der Waals surface area contributed by atoms with Crippen molar-refractivity contribution >= 4 is 21.9 Å². The molecule has 1 aliphatic heterocycles. The molecule has 2 fully saturated rings. The van der Waals surface area contributed by atoms with Crippen LogP contribution >= 0.6 is 15.9 Å². The lowest BCUT2D eigenvalue weighted by molar-refractivity contribution is 0.0574. The SMILES string of the molecule is COc1nc(N2CCCC3(C2)CC3(F)F)ncc1Br. The first-order valence-electron chi connectivity index (χ1n) is 6.17. The van der Waals surface area contributed by atoms with E-state index in [0.29, 0.717) is 35.8 Å². The summed E-state index contributed by atoms with van der Waals surface area (Å²) >= 11 is 3.28. The zero-order valence-electron chi connectivity index (χ0n) is 10.5. The molecule has 1 aromatic rings. The first kappa shape index (κ1) is 13.0. The number of rotatable bonds is 2. The molecule has 1 aromatic heterocycles. The molecule has 7 heteroatoms. The molecule has 3 rings (SSSR count). The largest absolute Gasteiger partial charge is 0.480 e. The Hall–Kier alpha value is -0.980. The fraction of sp³-hybridized carbons (Fsp3) is 0.667. The van der Waals surface area contributed by atoms with Crippen LogP contribution in [0.5, 0.6) is 5.88 Å². The molecule has 0 bridgehead atoms. The van der Waals surface area contributed by atoms with E-state index in [9.17, 15) is 8.78 Å². The number of hydrogen-bond donors (Lipinski definition) is 0. The monoisotopic (exact) mass is 333 g/mol. The highest BCUT2D eigenvalue weighted by Crippen LogP contribution is 2.64. The maximum absolute atomic E-state index is 13.5. The van der Waals surface area contributed by atoms with Crippen molar-refractivity contribution in [2.24, 2.45) is 5.41 Å². The number of halogens is 3. The topological polar surface area (TPSA) is 38.2 Å². The highest BCUT2D eigenvalue weighted by atomic mass is 79.9. The Morgan fingerprint density at radius 2 is 2.21 bits per heavy atom. The van der Waals surface area contributed by atoms with Crippen LogP contribution in [-0.4, -0.2) is 36.1 Å². The molecular weight excluding hydrogens is 320 g/mol. The third-order valence-electron chi connectivity index (χ3n) is 3.96. The summed E-state index contributed by atoms with van der Waals surface area (Å²) in [5.41, 5.74) is -0.852. The minimum Gasteiger partial charge on any atom is -0.480 e. The summed E-state index contributed by atoms with van der Waals surface area (Å²) in [6, 6.07) is 0. The fourth-order valence-electron chi connectivity index (χ4n) is 2.76. The molecule has 1 saturated carbocycles. The van der Waals surface area contributed by atoms with Gasteiger partial charge >= 0.3 is 0 Å². The van der Waals surface area contributed by atoms with E-state index in [1.807, 2.05) is 4.90 Å². The van der Waals surface area contributed by atoms with Crippen LogP contribution in [-0.2, 0) is 0 Å². The van der Waals surface area contributed by atoms with Gasteiger partial charge in [-0.1, -0.05) is 0 Å². The van der Waals surface area contributed by atoms with Gasteiger partial charge in [0.1, 0.15) is 0 Å². The summed E-state index contributed by atoms with van der Waals surface area (Å²) in [6.07, 6.45) is 2.92. The Kier molecular flexibility index (Phi) is 2.92. The zero-order valence-corrected chi connectivity index (χ0v) is 12.1. The van der Waals surface area contributed by atoms with Crippen molar-refractivity contribution in [1.82, 2.24) is 9.97 Å². The van der Waals surface area contributed by atoms with E-state index in [1.54, 1.807) is 6.20 Å². The Morgan fingerprint density at radius 1 is 1.47 bits per heavy atom. The van der Waals surface area contributed by atoms with Gasteiger partial charge in [0.2, 0.25) is 11.8 Å². The van der Waals surface area contributed by atoms with E-state index in [1.165, 1.54) is 7.11 Å². The van der Waals surface area contributed by atoms with E-state index in [4.69, 9.17) is 4.74 Å². The average Bonchev–Trinajstić information content (AvgIpc) is 2.90. The molecule has 19 heavy (non-hydrogen) atoms. The van der Waals surface area contributed by atoms with Crippen molar-refractivity contribution in [3.05, 3.63) is 10.7 Å². The minimum atomic E-state index is -2.52. The quantitative estimate of drug-likeness (QED) is 0.834. The summed E-state index contributed by atoms with van der Waals surface area (Å²) in [5, 5.41) is 0. The molecule has 2 heterocycles. The molecule has 1 unspecified atom stereocenters. The van der Waals surface area contributed by atoms with Crippen LogP contribution in [0.4, 0.5) is 14.7 Å². The van der Waals surface area contributed by atoms with Gasteiger partial charge in [-0.2, -0.15) is 4.98 Å². The summed E-state index contributed by atoms with van der Waals surface area (Å²) in [5.74, 6) is -1.64. The van der Waals surface area contributed by atoms with Gasteiger partial charge in [0, 0.05) is 19.5 Å². The third-order valence-corrected chi connectivity index (χ3v) is 4.51. The molecule has 1 aliphatic carbocycles. The van der Waals surface area contributed by atoms with Gasteiger partial charge in [-0.3, -0.25) is 0 Å². The van der Waals surface area contributed by atoms with E-state index >= 15 is 0 Å². The number of hydrogen-bond acceptors (Lipinski definition) is 4. The maximum Gasteiger partial charge on any atom is 0.256 e.